The molecule has 0 aromatic carbocycles. The van der Waals surface area contributed by atoms with Crippen LogP contribution in [0.5, 0.6) is 0 Å². The normalized spacial score (nSPS) is 19.9. The summed E-state index contributed by atoms with van der Waals surface area (Å²) < 4.78 is 0. The summed E-state index contributed by atoms with van der Waals surface area (Å²) in [6.07, 6.45) is 5.43. The third kappa shape index (κ3) is 7.74. The average Bonchev–Trinajstić information content (AvgIpc) is 2.06. The Balaban J connectivity index is 0.000000226. The van der Waals surface area contributed by atoms with Gasteiger partial charge in [-0.25, -0.2) is 4.79 Å². The Hall–Kier alpha value is -0.610. The van der Waals surface area contributed by atoms with Crippen molar-refractivity contribution >= 4 is 5.97 Å². The zero-order valence-corrected chi connectivity index (χ0v) is 8.07. The van der Waals surface area contributed by atoms with Gasteiger partial charge in [-0.15, -0.1) is 0 Å². The third-order valence-electron chi connectivity index (χ3n) is 2.01. The van der Waals surface area contributed by atoms with Gasteiger partial charge in [0.25, 0.3) is 0 Å². The molecule has 1 aliphatic rings. The topological polar surface area (TPSA) is 83.5 Å². The quantitative estimate of drug-likeness (QED) is 0.567. The molecule has 4 heteroatoms. The van der Waals surface area contributed by atoms with Crippen molar-refractivity contribution < 1.29 is 15.0 Å². The fourth-order valence-electron chi connectivity index (χ4n) is 1.13. The van der Waals surface area contributed by atoms with E-state index in [1.807, 2.05) is 0 Å². The van der Waals surface area contributed by atoms with Gasteiger partial charge in [-0.3, -0.25) is 0 Å². The molecule has 0 aliphatic heterocycles. The van der Waals surface area contributed by atoms with E-state index in [0.717, 1.165) is 0 Å². The van der Waals surface area contributed by atoms with E-state index >= 15 is 0 Å². The summed E-state index contributed by atoms with van der Waals surface area (Å²) >= 11 is 0. The number of carboxylic acid groups (broad SMARTS) is 1. The minimum Gasteiger partial charge on any atom is -0.479 e. The lowest BCUT2D eigenvalue weighted by molar-refractivity contribution is -0.145. The predicted octanol–water partition coefficient (Wildman–Crippen LogP) is 0.730. The van der Waals surface area contributed by atoms with Gasteiger partial charge in [0.05, 0.1) is 0 Å². The second-order valence-electron chi connectivity index (χ2n) is 3.41. The number of carboxylic acids is 1. The van der Waals surface area contributed by atoms with E-state index in [-0.39, 0.29) is 0 Å². The van der Waals surface area contributed by atoms with Crippen LogP contribution in [0.3, 0.4) is 0 Å². The van der Waals surface area contributed by atoms with Gasteiger partial charge in [-0.05, 0) is 19.8 Å². The van der Waals surface area contributed by atoms with Crippen molar-refractivity contribution in [3.05, 3.63) is 0 Å². The molecule has 0 saturated heterocycles. The standard InChI is InChI=1S/C6H13N.C3H6O3/c7-6-4-2-1-3-5-6;1-2(4)3(5)6/h6H,1-5,7H2;2,4H,1H3,(H,5,6). The molecule has 0 heterocycles. The Labute approximate surface area is 78.7 Å². The van der Waals surface area contributed by atoms with Crippen LogP contribution in [-0.4, -0.2) is 28.3 Å². The Morgan fingerprint density at radius 3 is 1.92 bits per heavy atom. The van der Waals surface area contributed by atoms with Crippen LogP contribution in [0, 0.1) is 0 Å². The predicted molar refractivity (Wildman–Crippen MR) is 50.4 cm³/mol. The monoisotopic (exact) mass is 189 g/mol. The molecule has 0 spiro atoms. The molecule has 0 bridgehead atoms. The summed E-state index contributed by atoms with van der Waals surface area (Å²) in [4.78, 5) is 9.45. The molecular weight excluding hydrogens is 170 g/mol. The van der Waals surface area contributed by atoms with Gasteiger partial charge < -0.3 is 15.9 Å². The number of hydrogen-bond donors (Lipinski definition) is 3. The first-order valence-corrected chi connectivity index (χ1v) is 4.70. The Morgan fingerprint density at radius 1 is 1.38 bits per heavy atom. The molecule has 0 radical (unpaired) electrons. The summed E-state index contributed by atoms with van der Waals surface area (Å²) in [5.41, 5.74) is 5.63. The number of aliphatic carboxylic acids is 1. The van der Waals surface area contributed by atoms with Crippen LogP contribution < -0.4 is 5.73 Å². The van der Waals surface area contributed by atoms with Crippen LogP contribution in [-0.2, 0) is 4.79 Å². The molecule has 1 aliphatic carbocycles. The van der Waals surface area contributed by atoms with Crippen LogP contribution in [0.25, 0.3) is 0 Å². The highest BCUT2D eigenvalue weighted by atomic mass is 16.4. The van der Waals surface area contributed by atoms with Crippen LogP contribution in [0.15, 0.2) is 0 Å². The molecule has 1 saturated carbocycles. The van der Waals surface area contributed by atoms with E-state index in [1.54, 1.807) is 0 Å². The van der Waals surface area contributed by atoms with Crippen molar-refractivity contribution in [1.29, 1.82) is 0 Å². The van der Waals surface area contributed by atoms with Crippen LogP contribution >= 0.6 is 0 Å². The molecule has 1 rings (SSSR count). The van der Waals surface area contributed by atoms with Crippen molar-refractivity contribution in [3.63, 3.8) is 0 Å². The molecule has 0 amide bonds. The van der Waals surface area contributed by atoms with Crippen LogP contribution in [0.1, 0.15) is 39.0 Å². The molecular formula is C9H19NO3. The van der Waals surface area contributed by atoms with E-state index in [1.165, 1.54) is 39.0 Å². The van der Waals surface area contributed by atoms with E-state index < -0.39 is 12.1 Å². The first-order valence-electron chi connectivity index (χ1n) is 4.70. The molecule has 13 heavy (non-hydrogen) atoms. The zero-order valence-electron chi connectivity index (χ0n) is 8.07. The van der Waals surface area contributed by atoms with E-state index in [0.29, 0.717) is 6.04 Å². The average molecular weight is 189 g/mol. The maximum absolute atomic E-state index is 9.45. The molecule has 1 unspecified atom stereocenters. The van der Waals surface area contributed by atoms with Crippen LogP contribution in [0.2, 0.25) is 0 Å². The van der Waals surface area contributed by atoms with Gasteiger partial charge in [0.1, 0.15) is 6.10 Å². The fourth-order valence-corrected chi connectivity index (χ4v) is 1.13. The lowest BCUT2D eigenvalue weighted by atomic mass is 9.97. The minimum absolute atomic E-state index is 0.536. The van der Waals surface area contributed by atoms with E-state index in [2.05, 4.69) is 0 Å². The highest BCUT2D eigenvalue weighted by Gasteiger charge is 2.06. The van der Waals surface area contributed by atoms with E-state index in [9.17, 15) is 4.79 Å². The van der Waals surface area contributed by atoms with Crippen molar-refractivity contribution in [2.75, 3.05) is 0 Å². The lowest BCUT2D eigenvalue weighted by Crippen LogP contribution is -2.22. The first kappa shape index (κ1) is 12.4. The molecule has 1 atom stereocenters. The van der Waals surface area contributed by atoms with Crippen molar-refractivity contribution in [1.82, 2.24) is 0 Å². The van der Waals surface area contributed by atoms with Gasteiger partial charge in [-0.2, -0.15) is 0 Å². The number of carbonyl (C=O) groups is 1. The number of rotatable bonds is 1. The van der Waals surface area contributed by atoms with Crippen molar-refractivity contribution in [2.24, 2.45) is 5.73 Å². The highest BCUT2D eigenvalue weighted by molar-refractivity contribution is 5.71. The van der Waals surface area contributed by atoms with E-state index in [4.69, 9.17) is 15.9 Å². The van der Waals surface area contributed by atoms with Gasteiger partial charge in [0, 0.05) is 6.04 Å². The number of aliphatic hydroxyl groups excluding tert-OH is 1. The summed E-state index contributed by atoms with van der Waals surface area (Å²) in [5.74, 6) is -1.19. The summed E-state index contributed by atoms with van der Waals surface area (Å²) in [5, 5.41) is 15.8. The maximum Gasteiger partial charge on any atom is 0.332 e. The molecule has 0 aromatic heterocycles. The molecule has 4 nitrogen and oxygen atoms in total. The van der Waals surface area contributed by atoms with Crippen molar-refractivity contribution in [2.45, 2.75) is 51.2 Å². The number of nitrogens with two attached hydrogens (primary N) is 1. The van der Waals surface area contributed by atoms with Gasteiger partial charge in [0.2, 0.25) is 0 Å². The summed E-state index contributed by atoms with van der Waals surface area (Å²) in [6, 6.07) is 0.536. The van der Waals surface area contributed by atoms with Crippen LogP contribution in [0.4, 0.5) is 0 Å². The molecule has 1 fully saturated rings. The number of aliphatic hydroxyl groups is 1. The fraction of sp³-hybridized carbons (Fsp3) is 0.889. The van der Waals surface area contributed by atoms with Crippen molar-refractivity contribution in [3.8, 4) is 0 Å². The highest BCUT2D eigenvalue weighted by Crippen LogP contribution is 2.14. The van der Waals surface area contributed by atoms with Gasteiger partial charge >= 0.3 is 5.97 Å². The smallest absolute Gasteiger partial charge is 0.332 e. The molecule has 78 valence electrons. The summed E-state index contributed by atoms with van der Waals surface area (Å²) in [7, 11) is 0. The van der Waals surface area contributed by atoms with Gasteiger partial charge in [-0.1, -0.05) is 19.3 Å². The lowest BCUT2D eigenvalue weighted by Gasteiger charge is -2.15. The minimum atomic E-state index is -1.23. The maximum atomic E-state index is 9.45. The zero-order chi connectivity index (χ0) is 10.3. The second kappa shape index (κ2) is 6.86. The largest absolute Gasteiger partial charge is 0.479 e. The second-order valence-corrected chi connectivity index (χ2v) is 3.41. The van der Waals surface area contributed by atoms with Gasteiger partial charge in [0.15, 0.2) is 0 Å². The molecule has 4 N–H and O–H groups in total. The Morgan fingerprint density at radius 2 is 1.77 bits per heavy atom. The first-order chi connectivity index (χ1) is 6.04. The Bertz CT molecular complexity index is 142. The molecule has 0 aromatic rings. The Kier molecular flexibility index (Phi) is 6.54. The summed E-state index contributed by atoms with van der Waals surface area (Å²) in [6.45, 7) is 1.20. The number of hydrogen-bond acceptors (Lipinski definition) is 3. The third-order valence-corrected chi connectivity index (χ3v) is 2.01. The SMILES string of the molecule is CC(O)C(=O)O.NC1CCCCC1.